The molecular formula is C11H14ClN7O. The third-order valence-electron chi connectivity index (χ3n) is 2.65. The average Bonchev–Trinajstić information content (AvgIpc) is 2.92. The molecule has 0 fully saturated rings. The lowest BCUT2D eigenvalue weighted by Gasteiger charge is -2.08. The fourth-order valence-electron chi connectivity index (χ4n) is 1.60. The topological polar surface area (TPSA) is 111 Å². The Labute approximate surface area is 120 Å². The first kappa shape index (κ1) is 14.2. The van der Waals surface area contributed by atoms with Crippen molar-refractivity contribution < 1.29 is 4.79 Å². The Hall–Kier alpha value is -2.19. The molecule has 2 rings (SSSR count). The molecule has 8 nitrogen and oxygen atoms in total. The van der Waals surface area contributed by atoms with E-state index in [9.17, 15) is 4.79 Å². The second-order valence-electron chi connectivity index (χ2n) is 3.89. The van der Waals surface area contributed by atoms with Gasteiger partial charge in [-0.2, -0.15) is 0 Å². The summed E-state index contributed by atoms with van der Waals surface area (Å²) in [6, 6.07) is 3.13. The molecule has 0 atom stereocenters. The van der Waals surface area contributed by atoms with Gasteiger partial charge in [0.25, 0.3) is 5.91 Å². The van der Waals surface area contributed by atoms with Crippen LogP contribution < -0.4 is 16.6 Å². The molecule has 9 heteroatoms. The minimum absolute atomic E-state index is 0.102. The van der Waals surface area contributed by atoms with E-state index >= 15 is 0 Å². The Kier molecular flexibility index (Phi) is 4.49. The number of hydrazine groups is 1. The van der Waals surface area contributed by atoms with E-state index in [-0.39, 0.29) is 17.3 Å². The fraction of sp³-hybridized carbons (Fsp3) is 0.273. The summed E-state index contributed by atoms with van der Waals surface area (Å²) in [5, 5.41) is 10.6. The fourth-order valence-corrected chi connectivity index (χ4v) is 1.80. The van der Waals surface area contributed by atoms with Gasteiger partial charge >= 0.3 is 0 Å². The molecule has 0 aliphatic heterocycles. The van der Waals surface area contributed by atoms with Crippen LogP contribution in [0.3, 0.4) is 0 Å². The number of anilines is 1. The standard InChI is InChI=1S/C11H14ClN7O/c1-2-19-6-15-18-9(19)5-14-11(20)10-7(12)3-4-8(16-10)17-13/h3-4,6H,2,5,13H2,1H3,(H,14,20)(H,16,17). The van der Waals surface area contributed by atoms with Crippen molar-refractivity contribution in [1.82, 2.24) is 25.1 Å². The molecule has 2 aromatic rings. The number of pyridine rings is 1. The number of amides is 1. The minimum Gasteiger partial charge on any atom is -0.343 e. The van der Waals surface area contributed by atoms with E-state index in [0.29, 0.717) is 11.6 Å². The molecule has 20 heavy (non-hydrogen) atoms. The molecule has 106 valence electrons. The van der Waals surface area contributed by atoms with Gasteiger partial charge in [0.1, 0.15) is 17.8 Å². The van der Waals surface area contributed by atoms with Gasteiger partial charge in [0.2, 0.25) is 0 Å². The second kappa shape index (κ2) is 6.31. The monoisotopic (exact) mass is 295 g/mol. The molecule has 0 saturated carbocycles. The van der Waals surface area contributed by atoms with Gasteiger partial charge in [-0.3, -0.25) is 4.79 Å². The summed E-state index contributed by atoms with van der Waals surface area (Å²) in [4.78, 5) is 16.1. The molecular weight excluding hydrogens is 282 g/mol. The number of nitrogen functional groups attached to an aromatic ring is 1. The number of hydrogen-bond acceptors (Lipinski definition) is 6. The first-order valence-corrected chi connectivity index (χ1v) is 6.31. The lowest BCUT2D eigenvalue weighted by molar-refractivity contribution is 0.0944. The van der Waals surface area contributed by atoms with Crippen molar-refractivity contribution in [2.45, 2.75) is 20.0 Å². The number of nitrogens with one attached hydrogen (secondary N) is 2. The molecule has 0 unspecified atom stereocenters. The third kappa shape index (κ3) is 3.03. The maximum absolute atomic E-state index is 12.0. The minimum atomic E-state index is -0.405. The highest BCUT2D eigenvalue weighted by Crippen LogP contribution is 2.16. The number of aromatic nitrogens is 4. The van der Waals surface area contributed by atoms with Gasteiger partial charge in [0.05, 0.1) is 11.6 Å². The van der Waals surface area contributed by atoms with E-state index in [1.165, 1.54) is 0 Å². The Bertz CT molecular complexity index is 613. The van der Waals surface area contributed by atoms with E-state index in [1.54, 1.807) is 18.5 Å². The molecule has 0 bridgehead atoms. The number of rotatable bonds is 5. The van der Waals surface area contributed by atoms with Crippen molar-refractivity contribution in [2.24, 2.45) is 5.84 Å². The molecule has 0 saturated heterocycles. The number of aryl methyl sites for hydroxylation is 1. The van der Waals surface area contributed by atoms with E-state index in [4.69, 9.17) is 17.4 Å². The number of carbonyl (C=O) groups excluding carboxylic acids is 1. The van der Waals surface area contributed by atoms with Crippen molar-refractivity contribution in [3.63, 3.8) is 0 Å². The zero-order chi connectivity index (χ0) is 14.5. The highest BCUT2D eigenvalue weighted by molar-refractivity contribution is 6.33. The summed E-state index contributed by atoms with van der Waals surface area (Å²) in [7, 11) is 0. The van der Waals surface area contributed by atoms with Crippen LogP contribution in [0.15, 0.2) is 18.5 Å². The molecule has 0 aliphatic rings. The molecule has 0 radical (unpaired) electrons. The molecule has 0 aliphatic carbocycles. The van der Waals surface area contributed by atoms with Crippen LogP contribution in [0, 0.1) is 0 Å². The van der Waals surface area contributed by atoms with E-state index in [1.807, 2.05) is 11.5 Å². The predicted octanol–water partition coefficient (Wildman–Crippen LogP) is 0.562. The molecule has 1 amide bonds. The SMILES string of the molecule is CCn1cnnc1CNC(=O)c1nc(NN)ccc1Cl. The molecule has 4 N–H and O–H groups in total. The number of nitrogens with two attached hydrogens (primary N) is 1. The summed E-state index contributed by atoms with van der Waals surface area (Å²) in [5.41, 5.74) is 2.46. The molecule has 2 aromatic heterocycles. The normalized spacial score (nSPS) is 10.3. The molecule has 0 aromatic carbocycles. The quantitative estimate of drug-likeness (QED) is 0.549. The van der Waals surface area contributed by atoms with Gasteiger partial charge < -0.3 is 15.3 Å². The second-order valence-corrected chi connectivity index (χ2v) is 4.29. The highest BCUT2D eigenvalue weighted by atomic mass is 35.5. The first-order chi connectivity index (χ1) is 9.65. The van der Waals surface area contributed by atoms with Crippen LogP contribution in [0.1, 0.15) is 23.2 Å². The smallest absolute Gasteiger partial charge is 0.271 e. The van der Waals surface area contributed by atoms with Crippen LogP contribution >= 0.6 is 11.6 Å². The predicted molar refractivity (Wildman–Crippen MR) is 73.9 cm³/mol. The van der Waals surface area contributed by atoms with Gasteiger partial charge in [-0.15, -0.1) is 10.2 Å². The van der Waals surface area contributed by atoms with Crippen molar-refractivity contribution in [1.29, 1.82) is 0 Å². The van der Waals surface area contributed by atoms with E-state index in [0.717, 1.165) is 6.54 Å². The van der Waals surface area contributed by atoms with Gasteiger partial charge in [-0.25, -0.2) is 10.8 Å². The van der Waals surface area contributed by atoms with Crippen molar-refractivity contribution >= 4 is 23.3 Å². The molecule has 2 heterocycles. The van der Waals surface area contributed by atoms with Crippen molar-refractivity contribution in [3.05, 3.63) is 35.0 Å². The van der Waals surface area contributed by atoms with E-state index in [2.05, 4.69) is 25.9 Å². The van der Waals surface area contributed by atoms with Crippen molar-refractivity contribution in [2.75, 3.05) is 5.43 Å². The lowest BCUT2D eigenvalue weighted by Crippen LogP contribution is -2.26. The lowest BCUT2D eigenvalue weighted by atomic mass is 10.3. The number of carbonyl (C=O) groups is 1. The van der Waals surface area contributed by atoms with Crippen LogP contribution in [-0.2, 0) is 13.1 Å². The summed E-state index contributed by atoms with van der Waals surface area (Å²) < 4.78 is 1.83. The maximum atomic E-state index is 12.0. The summed E-state index contributed by atoms with van der Waals surface area (Å²) >= 11 is 5.94. The maximum Gasteiger partial charge on any atom is 0.271 e. The average molecular weight is 296 g/mol. The first-order valence-electron chi connectivity index (χ1n) is 5.93. The van der Waals surface area contributed by atoms with Gasteiger partial charge in [-0.05, 0) is 19.1 Å². The zero-order valence-electron chi connectivity index (χ0n) is 10.8. The largest absolute Gasteiger partial charge is 0.343 e. The van der Waals surface area contributed by atoms with Crippen LogP contribution in [-0.4, -0.2) is 25.7 Å². The van der Waals surface area contributed by atoms with Gasteiger partial charge in [0, 0.05) is 6.54 Å². The van der Waals surface area contributed by atoms with Crippen LogP contribution in [0.2, 0.25) is 5.02 Å². The Morgan fingerprint density at radius 2 is 2.30 bits per heavy atom. The number of halogens is 1. The third-order valence-corrected chi connectivity index (χ3v) is 2.96. The zero-order valence-corrected chi connectivity index (χ0v) is 11.6. The number of hydrogen-bond donors (Lipinski definition) is 3. The van der Waals surface area contributed by atoms with E-state index < -0.39 is 5.91 Å². The van der Waals surface area contributed by atoms with Gasteiger partial charge in [0.15, 0.2) is 5.82 Å². The molecule has 0 spiro atoms. The highest BCUT2D eigenvalue weighted by Gasteiger charge is 2.14. The Morgan fingerprint density at radius 1 is 1.50 bits per heavy atom. The Morgan fingerprint density at radius 3 is 3.00 bits per heavy atom. The van der Waals surface area contributed by atoms with Crippen LogP contribution in [0.5, 0.6) is 0 Å². The van der Waals surface area contributed by atoms with Gasteiger partial charge in [-0.1, -0.05) is 11.6 Å². The number of nitrogens with zero attached hydrogens (tertiary/aromatic N) is 4. The summed E-state index contributed by atoms with van der Waals surface area (Å²) in [6.07, 6.45) is 1.60. The van der Waals surface area contributed by atoms with Crippen LogP contribution in [0.4, 0.5) is 5.82 Å². The van der Waals surface area contributed by atoms with Crippen LogP contribution in [0.25, 0.3) is 0 Å². The summed E-state index contributed by atoms with van der Waals surface area (Å²) in [5.74, 6) is 5.86. The summed E-state index contributed by atoms with van der Waals surface area (Å²) in [6.45, 7) is 2.93. The Balaban J connectivity index is 2.09. The van der Waals surface area contributed by atoms with Crippen molar-refractivity contribution in [3.8, 4) is 0 Å².